The molecule has 1 aliphatic rings. The van der Waals surface area contributed by atoms with Crippen LogP contribution in [-0.4, -0.2) is 19.8 Å². The Bertz CT molecular complexity index is 407. The Balaban J connectivity index is 2.22. The van der Waals surface area contributed by atoms with Gasteiger partial charge in [0.2, 0.25) is 0 Å². The summed E-state index contributed by atoms with van der Waals surface area (Å²) in [6.07, 6.45) is 3.14. The summed E-state index contributed by atoms with van der Waals surface area (Å²) in [7, 11) is 0. The quantitative estimate of drug-likeness (QED) is 0.879. The number of hydrogen-bond donors (Lipinski definition) is 1. The molecule has 106 valence electrons. The molecule has 1 aliphatic heterocycles. The van der Waals surface area contributed by atoms with Gasteiger partial charge in [-0.15, -0.1) is 0 Å². The van der Waals surface area contributed by atoms with Crippen molar-refractivity contribution in [2.45, 2.75) is 32.2 Å². The Morgan fingerprint density at radius 2 is 2.16 bits per heavy atom. The third-order valence-corrected chi connectivity index (χ3v) is 4.50. The summed E-state index contributed by atoms with van der Waals surface area (Å²) >= 11 is 3.39. The molecule has 0 bridgehead atoms. The van der Waals surface area contributed by atoms with E-state index in [1.54, 1.807) is 6.07 Å². The van der Waals surface area contributed by atoms with Crippen molar-refractivity contribution < 1.29 is 9.13 Å². The maximum atomic E-state index is 13.7. The molecule has 1 aromatic carbocycles. The summed E-state index contributed by atoms with van der Waals surface area (Å²) < 4.78 is 19.8. The fourth-order valence-electron chi connectivity index (χ4n) is 2.64. The lowest BCUT2D eigenvalue weighted by Crippen LogP contribution is -2.33. The van der Waals surface area contributed by atoms with Gasteiger partial charge in [0, 0.05) is 19.3 Å². The molecule has 19 heavy (non-hydrogen) atoms. The van der Waals surface area contributed by atoms with Crippen molar-refractivity contribution in [2.75, 3.05) is 19.8 Å². The first kappa shape index (κ1) is 14.9. The van der Waals surface area contributed by atoms with Gasteiger partial charge in [-0.3, -0.25) is 0 Å². The largest absolute Gasteiger partial charge is 0.381 e. The first-order valence-corrected chi connectivity index (χ1v) is 7.78. The van der Waals surface area contributed by atoms with E-state index in [2.05, 4.69) is 28.2 Å². The summed E-state index contributed by atoms with van der Waals surface area (Å²) in [5.74, 6) is 0.325. The lowest BCUT2D eigenvalue weighted by atomic mass is 9.87. The molecular weight excluding hydrogens is 309 g/mol. The van der Waals surface area contributed by atoms with E-state index in [1.165, 1.54) is 6.07 Å². The fraction of sp³-hybridized carbons (Fsp3) is 0.600. The Morgan fingerprint density at radius 1 is 1.42 bits per heavy atom. The second kappa shape index (κ2) is 7.36. The molecule has 1 N–H and O–H groups in total. The van der Waals surface area contributed by atoms with Crippen LogP contribution >= 0.6 is 15.9 Å². The summed E-state index contributed by atoms with van der Waals surface area (Å²) in [6, 6.07) is 5.49. The zero-order chi connectivity index (χ0) is 13.7. The molecule has 2 nitrogen and oxygen atoms in total. The molecule has 1 heterocycles. The van der Waals surface area contributed by atoms with Gasteiger partial charge in [0.05, 0.1) is 4.47 Å². The lowest BCUT2D eigenvalue weighted by Gasteiger charge is -2.32. The monoisotopic (exact) mass is 329 g/mol. The van der Waals surface area contributed by atoms with Crippen molar-refractivity contribution in [3.05, 3.63) is 34.1 Å². The first-order chi connectivity index (χ1) is 9.24. The molecule has 4 heteroatoms. The molecule has 2 rings (SSSR count). The van der Waals surface area contributed by atoms with E-state index >= 15 is 0 Å². The SMILES string of the molecule is CCCNC(c1cccc(F)c1Br)C1CCOCC1. The average Bonchev–Trinajstić information content (AvgIpc) is 2.45. The number of ether oxygens (including phenoxy) is 1. The van der Waals surface area contributed by atoms with Crippen LogP contribution in [0.25, 0.3) is 0 Å². The van der Waals surface area contributed by atoms with Gasteiger partial charge in [0.25, 0.3) is 0 Å². The van der Waals surface area contributed by atoms with E-state index in [-0.39, 0.29) is 11.9 Å². The normalized spacial score (nSPS) is 18.5. The molecule has 0 aromatic heterocycles. The standard InChI is InChI=1S/C15H21BrFNO/c1-2-8-18-15(11-6-9-19-10-7-11)12-4-3-5-13(17)14(12)16/h3-5,11,15,18H,2,6-10H2,1H3. The van der Waals surface area contributed by atoms with Crippen molar-refractivity contribution in [3.8, 4) is 0 Å². The van der Waals surface area contributed by atoms with Crippen LogP contribution < -0.4 is 5.32 Å². The molecule has 1 fully saturated rings. The second-order valence-electron chi connectivity index (χ2n) is 5.02. The van der Waals surface area contributed by atoms with Crippen LogP contribution in [0.15, 0.2) is 22.7 Å². The Kier molecular flexibility index (Phi) is 5.79. The van der Waals surface area contributed by atoms with Crippen LogP contribution in [0.2, 0.25) is 0 Å². The third-order valence-electron chi connectivity index (χ3n) is 3.67. The van der Waals surface area contributed by atoms with Gasteiger partial charge in [-0.2, -0.15) is 0 Å². The van der Waals surface area contributed by atoms with Crippen LogP contribution in [0.1, 0.15) is 37.8 Å². The van der Waals surface area contributed by atoms with E-state index in [9.17, 15) is 4.39 Å². The van der Waals surface area contributed by atoms with Crippen molar-refractivity contribution in [1.82, 2.24) is 5.32 Å². The Morgan fingerprint density at radius 3 is 2.84 bits per heavy atom. The molecular formula is C15H21BrFNO. The molecule has 1 atom stereocenters. The van der Waals surface area contributed by atoms with Gasteiger partial charge in [0.15, 0.2) is 0 Å². The van der Waals surface area contributed by atoms with Crippen molar-refractivity contribution in [2.24, 2.45) is 5.92 Å². The summed E-state index contributed by atoms with van der Waals surface area (Å²) in [6.45, 7) is 4.71. The van der Waals surface area contributed by atoms with Gasteiger partial charge in [0.1, 0.15) is 5.82 Å². The average molecular weight is 330 g/mol. The molecule has 0 radical (unpaired) electrons. The van der Waals surface area contributed by atoms with E-state index in [0.29, 0.717) is 10.4 Å². The van der Waals surface area contributed by atoms with Crippen molar-refractivity contribution in [1.29, 1.82) is 0 Å². The highest BCUT2D eigenvalue weighted by Gasteiger charge is 2.27. The molecule has 1 aromatic rings. The number of nitrogens with one attached hydrogen (secondary N) is 1. The lowest BCUT2D eigenvalue weighted by molar-refractivity contribution is 0.0535. The third kappa shape index (κ3) is 3.77. The maximum Gasteiger partial charge on any atom is 0.137 e. The number of halogens is 2. The molecule has 0 saturated carbocycles. The van der Waals surface area contributed by atoms with Crippen LogP contribution in [0.5, 0.6) is 0 Å². The second-order valence-corrected chi connectivity index (χ2v) is 5.82. The summed E-state index contributed by atoms with van der Waals surface area (Å²) in [4.78, 5) is 0. The van der Waals surface area contributed by atoms with Gasteiger partial charge < -0.3 is 10.1 Å². The highest BCUT2D eigenvalue weighted by Crippen LogP contribution is 2.35. The topological polar surface area (TPSA) is 21.3 Å². The smallest absolute Gasteiger partial charge is 0.137 e. The van der Waals surface area contributed by atoms with E-state index in [0.717, 1.165) is 44.6 Å². The van der Waals surface area contributed by atoms with E-state index < -0.39 is 0 Å². The van der Waals surface area contributed by atoms with Gasteiger partial charge >= 0.3 is 0 Å². The van der Waals surface area contributed by atoms with E-state index in [1.807, 2.05) is 6.07 Å². The molecule has 0 aliphatic carbocycles. The summed E-state index contributed by atoms with van der Waals surface area (Å²) in [5, 5.41) is 3.57. The van der Waals surface area contributed by atoms with Gasteiger partial charge in [-0.25, -0.2) is 4.39 Å². The minimum Gasteiger partial charge on any atom is -0.381 e. The maximum absolute atomic E-state index is 13.7. The van der Waals surface area contributed by atoms with Gasteiger partial charge in [-0.1, -0.05) is 19.1 Å². The minimum atomic E-state index is -0.187. The van der Waals surface area contributed by atoms with Crippen molar-refractivity contribution >= 4 is 15.9 Å². The van der Waals surface area contributed by atoms with Crippen LogP contribution in [-0.2, 0) is 4.74 Å². The van der Waals surface area contributed by atoms with E-state index in [4.69, 9.17) is 4.74 Å². The molecule has 1 unspecified atom stereocenters. The molecule has 1 saturated heterocycles. The Hall–Kier alpha value is -0.450. The summed E-state index contributed by atoms with van der Waals surface area (Å²) in [5.41, 5.74) is 1.03. The van der Waals surface area contributed by atoms with Gasteiger partial charge in [-0.05, 0) is 59.3 Å². The van der Waals surface area contributed by atoms with Crippen LogP contribution in [0, 0.1) is 11.7 Å². The fourth-order valence-corrected chi connectivity index (χ4v) is 3.15. The molecule has 0 spiro atoms. The van der Waals surface area contributed by atoms with Crippen LogP contribution in [0.3, 0.4) is 0 Å². The number of hydrogen-bond acceptors (Lipinski definition) is 2. The van der Waals surface area contributed by atoms with Crippen molar-refractivity contribution in [3.63, 3.8) is 0 Å². The first-order valence-electron chi connectivity index (χ1n) is 6.99. The number of rotatable bonds is 5. The highest BCUT2D eigenvalue weighted by molar-refractivity contribution is 9.10. The number of benzene rings is 1. The minimum absolute atomic E-state index is 0.187. The van der Waals surface area contributed by atoms with Crippen LogP contribution in [0.4, 0.5) is 4.39 Å². The predicted octanol–water partition coefficient (Wildman–Crippen LogP) is 4.06. The highest BCUT2D eigenvalue weighted by atomic mass is 79.9. The Labute approximate surface area is 122 Å². The zero-order valence-electron chi connectivity index (χ0n) is 11.3. The zero-order valence-corrected chi connectivity index (χ0v) is 12.9. The predicted molar refractivity (Wildman–Crippen MR) is 78.7 cm³/mol. The molecule has 0 amide bonds.